The summed E-state index contributed by atoms with van der Waals surface area (Å²) in [7, 11) is 0. The van der Waals surface area contributed by atoms with Crippen LogP contribution in [-0.4, -0.2) is 53.2 Å². The minimum atomic E-state index is -0.415. The quantitative estimate of drug-likeness (QED) is 0.397. The second kappa shape index (κ2) is 11.9. The van der Waals surface area contributed by atoms with Gasteiger partial charge in [0.25, 0.3) is 0 Å². The highest BCUT2D eigenvalue weighted by Crippen LogP contribution is 2.30. The van der Waals surface area contributed by atoms with E-state index in [0.717, 1.165) is 26.2 Å². The van der Waals surface area contributed by atoms with Crippen LogP contribution >= 0.6 is 0 Å². The first-order valence-electron chi connectivity index (χ1n) is 11.4. The summed E-state index contributed by atoms with van der Waals surface area (Å²) in [5.41, 5.74) is -0.136. The first-order valence-corrected chi connectivity index (χ1v) is 11.4. The van der Waals surface area contributed by atoms with Gasteiger partial charge in [-0.15, -0.1) is 0 Å². The molecule has 0 spiro atoms. The lowest BCUT2D eigenvalue weighted by molar-refractivity contribution is -0.00510. The molecule has 4 heteroatoms. The molecule has 0 aromatic carbocycles. The van der Waals surface area contributed by atoms with Gasteiger partial charge in [0.05, 0.1) is 0 Å². The number of carbonyl (C=O) groups excluding carboxylic acids is 1. The number of nitrogens with zero attached hydrogens (tertiary/aromatic N) is 2. The lowest BCUT2D eigenvalue weighted by Crippen LogP contribution is -2.57. The predicted octanol–water partition coefficient (Wildman–Crippen LogP) is 6.24. The van der Waals surface area contributed by atoms with E-state index in [9.17, 15) is 4.79 Å². The van der Waals surface area contributed by atoms with Crippen molar-refractivity contribution in [1.82, 2.24) is 9.80 Å². The fraction of sp³-hybridized carbons (Fsp3) is 0.957. The van der Waals surface area contributed by atoms with Gasteiger partial charge in [-0.3, -0.25) is 4.90 Å². The van der Waals surface area contributed by atoms with Crippen molar-refractivity contribution < 1.29 is 9.53 Å². The van der Waals surface area contributed by atoms with Crippen molar-refractivity contribution in [2.75, 3.05) is 26.2 Å². The highest BCUT2D eigenvalue weighted by Gasteiger charge is 2.35. The minimum absolute atomic E-state index is 0.158. The zero-order valence-corrected chi connectivity index (χ0v) is 19.1. The molecule has 4 nitrogen and oxygen atoms in total. The number of carbonyl (C=O) groups is 1. The molecule has 1 aliphatic rings. The fourth-order valence-corrected chi connectivity index (χ4v) is 4.06. The van der Waals surface area contributed by atoms with Crippen molar-refractivity contribution in [3.63, 3.8) is 0 Å². The van der Waals surface area contributed by atoms with Gasteiger partial charge in [-0.2, -0.15) is 0 Å². The second-order valence-corrected chi connectivity index (χ2v) is 9.57. The molecule has 0 saturated carbocycles. The van der Waals surface area contributed by atoms with Crippen LogP contribution in [0.25, 0.3) is 0 Å². The Bertz CT molecular complexity index is 411. The molecular formula is C23H46N2O2. The zero-order chi connectivity index (χ0) is 20.3. The van der Waals surface area contributed by atoms with E-state index in [0.29, 0.717) is 0 Å². The largest absolute Gasteiger partial charge is 0.444 e. The first kappa shape index (κ1) is 24.3. The number of piperazine rings is 1. The summed E-state index contributed by atoms with van der Waals surface area (Å²) in [5, 5.41) is 0. The smallest absolute Gasteiger partial charge is 0.410 e. The van der Waals surface area contributed by atoms with Crippen LogP contribution in [0.3, 0.4) is 0 Å². The SMILES string of the molecule is CCCCCCCC(C)(CCCCC)N1CCN(C(=O)OC(C)(C)C)CC1. The van der Waals surface area contributed by atoms with Crippen LogP contribution in [-0.2, 0) is 4.74 Å². The number of rotatable bonds is 11. The standard InChI is InChI=1S/C23H46N2O2/c1-7-9-11-12-14-16-23(6,15-13-10-8-2)25-19-17-24(18-20-25)21(26)27-22(3,4)5/h7-20H2,1-6H3. The Balaban J connectivity index is 2.56. The third kappa shape index (κ3) is 9.32. The summed E-state index contributed by atoms with van der Waals surface area (Å²) in [5.74, 6) is 0. The van der Waals surface area contributed by atoms with Crippen molar-refractivity contribution in [1.29, 1.82) is 0 Å². The maximum Gasteiger partial charge on any atom is 0.410 e. The number of amides is 1. The third-order valence-corrected chi connectivity index (χ3v) is 5.83. The van der Waals surface area contributed by atoms with Crippen molar-refractivity contribution in [2.24, 2.45) is 0 Å². The van der Waals surface area contributed by atoms with Gasteiger partial charge in [-0.1, -0.05) is 65.2 Å². The second-order valence-electron chi connectivity index (χ2n) is 9.57. The van der Waals surface area contributed by atoms with E-state index >= 15 is 0 Å². The summed E-state index contributed by atoms with van der Waals surface area (Å²) < 4.78 is 5.55. The molecule has 0 aliphatic carbocycles. The van der Waals surface area contributed by atoms with Crippen LogP contribution in [0.4, 0.5) is 4.79 Å². The molecular weight excluding hydrogens is 336 g/mol. The van der Waals surface area contributed by atoms with Gasteiger partial charge >= 0.3 is 6.09 Å². The minimum Gasteiger partial charge on any atom is -0.444 e. The Hall–Kier alpha value is -0.770. The lowest BCUT2D eigenvalue weighted by atomic mass is 9.86. The van der Waals surface area contributed by atoms with Gasteiger partial charge < -0.3 is 9.64 Å². The van der Waals surface area contributed by atoms with Gasteiger partial charge in [-0.05, 0) is 40.5 Å². The first-order chi connectivity index (χ1) is 12.7. The highest BCUT2D eigenvalue weighted by atomic mass is 16.6. The maximum atomic E-state index is 12.3. The van der Waals surface area contributed by atoms with E-state index < -0.39 is 5.60 Å². The van der Waals surface area contributed by atoms with Gasteiger partial charge in [0.15, 0.2) is 0 Å². The van der Waals surface area contributed by atoms with Crippen molar-refractivity contribution in [3.05, 3.63) is 0 Å². The molecule has 0 bridgehead atoms. The number of unbranched alkanes of at least 4 members (excludes halogenated alkanes) is 6. The van der Waals surface area contributed by atoms with Crippen molar-refractivity contribution >= 4 is 6.09 Å². The van der Waals surface area contributed by atoms with Crippen LogP contribution in [0.15, 0.2) is 0 Å². The van der Waals surface area contributed by atoms with Crippen LogP contribution < -0.4 is 0 Å². The van der Waals surface area contributed by atoms with E-state index in [2.05, 4.69) is 25.7 Å². The molecule has 1 rings (SSSR count). The molecule has 27 heavy (non-hydrogen) atoms. The highest BCUT2D eigenvalue weighted by molar-refractivity contribution is 5.68. The molecule has 1 amide bonds. The van der Waals surface area contributed by atoms with Gasteiger partial charge in [0.2, 0.25) is 0 Å². The van der Waals surface area contributed by atoms with Gasteiger partial charge in [0, 0.05) is 31.7 Å². The molecule has 1 fully saturated rings. The Kier molecular flexibility index (Phi) is 10.7. The summed E-state index contributed by atoms with van der Waals surface area (Å²) in [6, 6.07) is 0. The average molecular weight is 383 g/mol. The molecule has 0 N–H and O–H groups in total. The molecule has 0 aromatic heterocycles. The number of hydrogen-bond donors (Lipinski definition) is 0. The van der Waals surface area contributed by atoms with Crippen LogP contribution in [0.1, 0.15) is 106 Å². The van der Waals surface area contributed by atoms with Crippen LogP contribution in [0.5, 0.6) is 0 Å². The third-order valence-electron chi connectivity index (χ3n) is 5.83. The zero-order valence-electron chi connectivity index (χ0n) is 19.1. The summed E-state index contributed by atoms with van der Waals surface area (Å²) in [6.07, 6.45) is 13.0. The topological polar surface area (TPSA) is 32.8 Å². The van der Waals surface area contributed by atoms with Crippen molar-refractivity contribution in [3.8, 4) is 0 Å². The molecule has 0 aromatic rings. The normalized spacial score (nSPS) is 18.4. The van der Waals surface area contributed by atoms with E-state index in [1.165, 1.54) is 64.2 Å². The van der Waals surface area contributed by atoms with Gasteiger partial charge in [-0.25, -0.2) is 4.79 Å². The van der Waals surface area contributed by atoms with Crippen LogP contribution in [0.2, 0.25) is 0 Å². The molecule has 1 atom stereocenters. The van der Waals surface area contributed by atoms with E-state index in [4.69, 9.17) is 4.74 Å². The Labute approximate surface area is 169 Å². The Morgan fingerprint density at radius 1 is 0.778 bits per heavy atom. The predicted molar refractivity (Wildman–Crippen MR) is 115 cm³/mol. The summed E-state index contributed by atoms with van der Waals surface area (Å²) in [4.78, 5) is 16.9. The fourth-order valence-electron chi connectivity index (χ4n) is 4.06. The van der Waals surface area contributed by atoms with Gasteiger partial charge in [0.1, 0.15) is 5.60 Å². The van der Waals surface area contributed by atoms with E-state index in [-0.39, 0.29) is 11.6 Å². The average Bonchev–Trinajstić information content (AvgIpc) is 2.60. The summed E-state index contributed by atoms with van der Waals surface area (Å²) in [6.45, 7) is 16.3. The molecule has 160 valence electrons. The molecule has 1 aliphatic heterocycles. The monoisotopic (exact) mass is 382 g/mol. The van der Waals surface area contributed by atoms with E-state index in [1.54, 1.807) is 0 Å². The summed E-state index contributed by atoms with van der Waals surface area (Å²) >= 11 is 0. The number of hydrogen-bond acceptors (Lipinski definition) is 3. The molecule has 1 saturated heterocycles. The molecule has 1 heterocycles. The Morgan fingerprint density at radius 2 is 1.26 bits per heavy atom. The maximum absolute atomic E-state index is 12.3. The number of ether oxygens (including phenoxy) is 1. The lowest BCUT2D eigenvalue weighted by Gasteiger charge is -2.46. The Morgan fingerprint density at radius 3 is 1.78 bits per heavy atom. The van der Waals surface area contributed by atoms with E-state index in [1.807, 2.05) is 25.7 Å². The van der Waals surface area contributed by atoms with Crippen molar-refractivity contribution in [2.45, 2.75) is 117 Å². The van der Waals surface area contributed by atoms with Crippen LogP contribution in [0, 0.1) is 0 Å². The molecule has 1 unspecified atom stereocenters. The molecule has 0 radical (unpaired) electrons.